The molecule has 0 aromatic heterocycles. The number of hydrogen-bond donors (Lipinski definition) is 3. The number of hydrogen-bond acceptors (Lipinski definition) is 4. The average molecular weight is 611 g/mol. The summed E-state index contributed by atoms with van der Waals surface area (Å²) in [5.74, 6) is -3.35. The number of anilines is 2. The Labute approximate surface area is 234 Å². The van der Waals surface area contributed by atoms with Gasteiger partial charge in [-0.1, -0.05) is 64.1 Å². The minimum atomic E-state index is -1.52. The van der Waals surface area contributed by atoms with Crippen LogP contribution in [0.4, 0.5) is 15.8 Å². The minimum absolute atomic E-state index is 0.119. The summed E-state index contributed by atoms with van der Waals surface area (Å²) in [7, 11) is 0. The Balaban J connectivity index is 1.78. The molecule has 0 aliphatic carbocycles. The molecule has 3 rings (SSSR count). The largest absolute Gasteiger partial charge is 0.478 e. The van der Waals surface area contributed by atoms with Crippen molar-refractivity contribution in [2.75, 3.05) is 10.6 Å². The molecule has 0 spiro atoms. The second-order valence-corrected chi connectivity index (χ2v) is 10.5. The van der Waals surface area contributed by atoms with Gasteiger partial charge in [0.15, 0.2) is 0 Å². The quantitative estimate of drug-likeness (QED) is 0.143. The zero-order chi connectivity index (χ0) is 26.7. The van der Waals surface area contributed by atoms with Crippen LogP contribution >= 0.6 is 69.8 Å². The van der Waals surface area contributed by atoms with Gasteiger partial charge in [0.25, 0.3) is 5.91 Å². The predicted molar refractivity (Wildman–Crippen MR) is 143 cm³/mol. The number of aromatic carboxylic acids is 1. The molecule has 188 valence electrons. The fourth-order valence-corrected chi connectivity index (χ4v) is 5.09. The lowest BCUT2D eigenvalue weighted by Crippen LogP contribution is -2.22. The van der Waals surface area contributed by atoms with E-state index in [0.29, 0.717) is 10.6 Å². The van der Waals surface area contributed by atoms with E-state index in [1.54, 1.807) is 31.2 Å². The number of carbonyl (C=O) groups excluding carboxylic acids is 2. The lowest BCUT2D eigenvalue weighted by Gasteiger charge is -2.15. The molecule has 3 aromatic carbocycles. The number of halogens is 6. The summed E-state index contributed by atoms with van der Waals surface area (Å²) < 4.78 is 13.3. The third-order valence-corrected chi connectivity index (χ3v) is 7.85. The van der Waals surface area contributed by atoms with Crippen molar-refractivity contribution in [3.8, 4) is 0 Å². The smallest absolute Gasteiger partial charge is 0.338 e. The van der Waals surface area contributed by atoms with Gasteiger partial charge in [-0.3, -0.25) is 9.59 Å². The van der Waals surface area contributed by atoms with Gasteiger partial charge in [0, 0.05) is 16.3 Å². The van der Waals surface area contributed by atoms with Gasteiger partial charge < -0.3 is 15.7 Å². The van der Waals surface area contributed by atoms with E-state index in [1.807, 2.05) is 0 Å². The Morgan fingerprint density at radius 1 is 0.861 bits per heavy atom. The Kier molecular flexibility index (Phi) is 9.38. The van der Waals surface area contributed by atoms with Crippen molar-refractivity contribution in [1.82, 2.24) is 0 Å². The Morgan fingerprint density at radius 3 is 2.08 bits per heavy atom. The van der Waals surface area contributed by atoms with Crippen molar-refractivity contribution in [3.63, 3.8) is 0 Å². The van der Waals surface area contributed by atoms with Crippen LogP contribution in [0.3, 0.4) is 0 Å². The summed E-state index contributed by atoms with van der Waals surface area (Å²) in [6, 6.07) is 10.3. The standard InChI is InChI=1S/C23H14Cl5FN2O4S/c1-9(21(32)30-11-5-6-14(29)13(24)8-11)36-12-4-2-3-10(7-12)31-22(33)15-16(23(34)35)18(26)20(28)19(27)17(15)25/h2-9H,1H3,(H,30,32)(H,31,33)(H,34,35). The van der Waals surface area contributed by atoms with Gasteiger partial charge in [-0.2, -0.15) is 0 Å². The van der Waals surface area contributed by atoms with Crippen LogP contribution in [0.25, 0.3) is 0 Å². The monoisotopic (exact) mass is 608 g/mol. The van der Waals surface area contributed by atoms with Crippen LogP contribution in [0.1, 0.15) is 27.6 Å². The summed E-state index contributed by atoms with van der Waals surface area (Å²) in [6.07, 6.45) is 0. The molecule has 13 heteroatoms. The molecular formula is C23H14Cl5FN2O4S. The lowest BCUT2D eigenvalue weighted by atomic mass is 10.1. The van der Waals surface area contributed by atoms with Crippen LogP contribution in [-0.2, 0) is 4.79 Å². The maximum Gasteiger partial charge on any atom is 0.338 e. The fraction of sp³-hybridized carbons (Fsp3) is 0.0870. The van der Waals surface area contributed by atoms with Crippen LogP contribution in [0, 0.1) is 5.82 Å². The molecule has 1 unspecified atom stereocenters. The van der Waals surface area contributed by atoms with Crippen molar-refractivity contribution >= 4 is 98.9 Å². The number of benzene rings is 3. The summed E-state index contributed by atoms with van der Waals surface area (Å²) in [4.78, 5) is 37.8. The molecule has 6 nitrogen and oxygen atoms in total. The maximum atomic E-state index is 13.3. The molecule has 0 saturated carbocycles. The van der Waals surface area contributed by atoms with E-state index in [4.69, 9.17) is 58.0 Å². The van der Waals surface area contributed by atoms with Crippen LogP contribution < -0.4 is 10.6 Å². The van der Waals surface area contributed by atoms with Crippen molar-refractivity contribution in [3.05, 3.63) is 84.5 Å². The van der Waals surface area contributed by atoms with Crippen molar-refractivity contribution < 1.29 is 23.9 Å². The first-order valence-corrected chi connectivity index (χ1v) is 12.6. The molecule has 0 fully saturated rings. The first-order valence-electron chi connectivity index (χ1n) is 9.84. The third kappa shape index (κ3) is 6.37. The molecule has 2 amide bonds. The topological polar surface area (TPSA) is 95.5 Å². The molecular weight excluding hydrogens is 597 g/mol. The number of thioether (sulfide) groups is 1. The number of rotatable bonds is 7. The number of carboxylic acids is 1. The Hall–Kier alpha value is -2.20. The van der Waals surface area contributed by atoms with Crippen LogP contribution in [0.15, 0.2) is 47.4 Å². The van der Waals surface area contributed by atoms with E-state index in [1.165, 1.54) is 23.9 Å². The highest BCUT2D eigenvalue weighted by Gasteiger charge is 2.29. The number of carboxylic acid groups (broad SMARTS) is 1. The van der Waals surface area contributed by atoms with Crippen molar-refractivity contribution in [2.24, 2.45) is 0 Å². The number of amides is 2. The molecule has 0 bridgehead atoms. The van der Waals surface area contributed by atoms with Crippen LogP contribution in [0.2, 0.25) is 25.1 Å². The van der Waals surface area contributed by atoms with Gasteiger partial charge in [0.05, 0.1) is 41.5 Å². The first-order chi connectivity index (χ1) is 16.9. The van der Waals surface area contributed by atoms with Gasteiger partial charge >= 0.3 is 5.97 Å². The second-order valence-electron chi connectivity index (χ2n) is 7.17. The highest BCUT2D eigenvalue weighted by atomic mass is 35.5. The molecule has 3 N–H and O–H groups in total. The molecule has 3 aromatic rings. The maximum absolute atomic E-state index is 13.3. The lowest BCUT2D eigenvalue weighted by molar-refractivity contribution is -0.115. The third-order valence-electron chi connectivity index (χ3n) is 4.67. The summed E-state index contributed by atoms with van der Waals surface area (Å²) in [6.45, 7) is 1.66. The average Bonchev–Trinajstić information content (AvgIpc) is 2.82. The summed E-state index contributed by atoms with van der Waals surface area (Å²) in [5, 5.41) is 12.7. The first kappa shape index (κ1) is 28.4. The molecule has 1 atom stereocenters. The minimum Gasteiger partial charge on any atom is -0.478 e. The summed E-state index contributed by atoms with van der Waals surface area (Å²) >= 11 is 31.0. The molecule has 0 aliphatic heterocycles. The normalized spacial score (nSPS) is 11.6. The number of nitrogens with one attached hydrogen (secondary N) is 2. The zero-order valence-electron chi connectivity index (χ0n) is 18.0. The van der Waals surface area contributed by atoms with Crippen molar-refractivity contribution in [2.45, 2.75) is 17.1 Å². The molecule has 0 radical (unpaired) electrons. The van der Waals surface area contributed by atoms with Gasteiger partial charge in [0.2, 0.25) is 5.91 Å². The van der Waals surface area contributed by atoms with Gasteiger partial charge in [-0.25, -0.2) is 9.18 Å². The highest BCUT2D eigenvalue weighted by molar-refractivity contribution is 8.00. The highest BCUT2D eigenvalue weighted by Crippen LogP contribution is 2.42. The van der Waals surface area contributed by atoms with Gasteiger partial charge in [-0.15, -0.1) is 11.8 Å². The van der Waals surface area contributed by atoms with E-state index in [2.05, 4.69) is 10.6 Å². The molecule has 0 saturated heterocycles. The van der Waals surface area contributed by atoms with Crippen LogP contribution in [0.5, 0.6) is 0 Å². The van der Waals surface area contributed by atoms with E-state index in [-0.39, 0.29) is 31.7 Å². The van der Waals surface area contributed by atoms with E-state index in [9.17, 15) is 23.9 Å². The van der Waals surface area contributed by atoms with Gasteiger partial charge in [0.1, 0.15) is 5.82 Å². The fourth-order valence-electron chi connectivity index (χ4n) is 2.96. The van der Waals surface area contributed by atoms with Crippen molar-refractivity contribution in [1.29, 1.82) is 0 Å². The van der Waals surface area contributed by atoms with Crippen LogP contribution in [-0.4, -0.2) is 28.1 Å². The number of carbonyl (C=O) groups is 3. The molecule has 0 aliphatic rings. The Bertz CT molecular complexity index is 1390. The molecule has 0 heterocycles. The van der Waals surface area contributed by atoms with E-state index in [0.717, 1.165) is 6.07 Å². The Morgan fingerprint density at radius 2 is 1.47 bits per heavy atom. The van der Waals surface area contributed by atoms with Gasteiger partial charge in [-0.05, 0) is 43.3 Å². The zero-order valence-corrected chi connectivity index (χ0v) is 22.6. The SMILES string of the molecule is CC(Sc1cccc(NC(=O)c2c(Cl)c(Cl)c(Cl)c(Cl)c2C(=O)O)c1)C(=O)Nc1ccc(F)c(Cl)c1. The van der Waals surface area contributed by atoms with E-state index < -0.39 is 39.1 Å². The summed E-state index contributed by atoms with van der Waals surface area (Å²) in [5.41, 5.74) is -0.415. The predicted octanol–water partition coefficient (Wildman–Crippen LogP) is 8.16. The second kappa shape index (κ2) is 11.9. The molecule has 36 heavy (non-hydrogen) atoms. The van der Waals surface area contributed by atoms with E-state index >= 15 is 0 Å².